The summed E-state index contributed by atoms with van der Waals surface area (Å²) in [6.07, 6.45) is 0. The molecule has 6 heteroatoms. The smallest absolute Gasteiger partial charge is 0.342 e. The summed E-state index contributed by atoms with van der Waals surface area (Å²) in [5.41, 5.74) is 1.69. The number of phenolic OH excluding ortho intramolecular Hbond substituents is 1. The van der Waals surface area contributed by atoms with Crippen molar-refractivity contribution in [3.63, 3.8) is 0 Å². The van der Waals surface area contributed by atoms with Crippen LogP contribution in [0, 0.1) is 6.92 Å². The molecule has 0 saturated carbocycles. The van der Waals surface area contributed by atoms with E-state index in [2.05, 4.69) is 5.32 Å². The average Bonchev–Trinajstić information content (AvgIpc) is 2.52. The van der Waals surface area contributed by atoms with E-state index in [-0.39, 0.29) is 17.4 Å². The van der Waals surface area contributed by atoms with Crippen LogP contribution in [0.25, 0.3) is 0 Å². The molecule has 0 heterocycles. The van der Waals surface area contributed by atoms with Crippen LogP contribution < -0.4 is 5.32 Å². The average molecular weight is 348 g/mol. The molecule has 126 valence electrons. The molecule has 0 saturated heterocycles. The van der Waals surface area contributed by atoms with Gasteiger partial charge in [-0.2, -0.15) is 0 Å². The van der Waals surface area contributed by atoms with Gasteiger partial charge in [-0.05, 0) is 49.2 Å². The molecule has 0 unspecified atom stereocenters. The highest BCUT2D eigenvalue weighted by molar-refractivity contribution is 6.30. The summed E-state index contributed by atoms with van der Waals surface area (Å²) < 4.78 is 4.93. The molecule has 0 fully saturated rings. The van der Waals surface area contributed by atoms with Crippen LogP contribution in [0.15, 0.2) is 42.5 Å². The molecule has 0 radical (unpaired) electrons. The highest BCUT2D eigenvalue weighted by Gasteiger charge is 2.16. The second-order valence-electron chi connectivity index (χ2n) is 5.44. The number of esters is 1. The third-order valence-corrected chi connectivity index (χ3v) is 3.67. The zero-order valence-corrected chi connectivity index (χ0v) is 14.1. The summed E-state index contributed by atoms with van der Waals surface area (Å²) in [5.74, 6) is -1.37. The summed E-state index contributed by atoms with van der Waals surface area (Å²) >= 11 is 5.92. The molecule has 0 aliphatic heterocycles. The fourth-order valence-electron chi connectivity index (χ4n) is 2.17. The quantitative estimate of drug-likeness (QED) is 0.813. The van der Waals surface area contributed by atoms with Crippen LogP contribution in [-0.2, 0) is 9.53 Å². The molecule has 2 N–H and O–H groups in total. The van der Waals surface area contributed by atoms with E-state index in [0.717, 1.165) is 11.1 Å². The van der Waals surface area contributed by atoms with E-state index >= 15 is 0 Å². The third-order valence-electron chi connectivity index (χ3n) is 3.43. The van der Waals surface area contributed by atoms with Crippen molar-refractivity contribution in [2.24, 2.45) is 0 Å². The largest absolute Gasteiger partial charge is 0.507 e. The van der Waals surface area contributed by atoms with Crippen molar-refractivity contribution in [1.82, 2.24) is 5.32 Å². The van der Waals surface area contributed by atoms with Crippen LogP contribution in [0.3, 0.4) is 0 Å². The number of halogens is 1. The molecule has 0 aliphatic carbocycles. The summed E-state index contributed by atoms with van der Waals surface area (Å²) in [5, 5.41) is 13.0. The molecule has 2 aromatic carbocycles. The Morgan fingerprint density at radius 2 is 2.00 bits per heavy atom. The number of phenols is 1. The van der Waals surface area contributed by atoms with Gasteiger partial charge in [-0.1, -0.05) is 29.8 Å². The van der Waals surface area contributed by atoms with Gasteiger partial charge < -0.3 is 15.2 Å². The van der Waals surface area contributed by atoms with Crippen molar-refractivity contribution >= 4 is 23.5 Å². The van der Waals surface area contributed by atoms with Crippen molar-refractivity contribution in [3.05, 3.63) is 64.2 Å². The Morgan fingerprint density at radius 3 is 2.67 bits per heavy atom. The maximum atomic E-state index is 11.9. The molecular weight excluding hydrogens is 330 g/mol. The molecule has 0 bridgehead atoms. The minimum atomic E-state index is -0.752. The van der Waals surface area contributed by atoms with E-state index in [1.807, 2.05) is 6.07 Å². The minimum Gasteiger partial charge on any atom is -0.507 e. The van der Waals surface area contributed by atoms with Crippen LogP contribution in [-0.4, -0.2) is 23.6 Å². The monoisotopic (exact) mass is 347 g/mol. The lowest BCUT2D eigenvalue weighted by Crippen LogP contribution is -2.31. The Morgan fingerprint density at radius 1 is 1.25 bits per heavy atom. The number of hydrogen-bond donors (Lipinski definition) is 2. The lowest BCUT2D eigenvalue weighted by atomic mass is 10.1. The first-order valence-corrected chi connectivity index (χ1v) is 7.76. The number of aromatic hydroxyl groups is 1. The highest BCUT2D eigenvalue weighted by Crippen LogP contribution is 2.19. The van der Waals surface area contributed by atoms with Crippen molar-refractivity contribution < 1.29 is 19.4 Å². The number of carbonyl (C=O) groups excluding carboxylic acids is 2. The molecule has 1 amide bonds. The number of aryl methyl sites for hydroxylation is 1. The van der Waals surface area contributed by atoms with Crippen molar-refractivity contribution in [2.45, 2.75) is 19.9 Å². The predicted octanol–water partition coefficient (Wildman–Crippen LogP) is 3.39. The van der Waals surface area contributed by atoms with Gasteiger partial charge in [0, 0.05) is 5.02 Å². The molecule has 2 rings (SSSR count). The van der Waals surface area contributed by atoms with Crippen LogP contribution in [0.1, 0.15) is 34.5 Å². The van der Waals surface area contributed by atoms with Crippen LogP contribution in [0.2, 0.25) is 5.02 Å². The molecular formula is C18H18ClNO4. The molecule has 1 atom stereocenters. The number of nitrogens with one attached hydrogen (secondary N) is 1. The van der Waals surface area contributed by atoms with Gasteiger partial charge in [0.2, 0.25) is 0 Å². The normalized spacial score (nSPS) is 11.6. The Hall–Kier alpha value is -2.53. The molecule has 5 nitrogen and oxygen atoms in total. The van der Waals surface area contributed by atoms with Crippen molar-refractivity contribution in [3.8, 4) is 5.75 Å². The summed E-state index contributed by atoms with van der Waals surface area (Å²) in [7, 11) is 0. The van der Waals surface area contributed by atoms with Gasteiger partial charge in [-0.25, -0.2) is 4.79 Å². The summed E-state index contributed by atoms with van der Waals surface area (Å²) in [4.78, 5) is 23.8. The Kier molecular flexibility index (Phi) is 5.82. The molecule has 2 aromatic rings. The SMILES string of the molecule is Cc1ccc(C(=O)OCC(=O)N[C@H](C)c2cccc(Cl)c2)c(O)c1. The lowest BCUT2D eigenvalue weighted by molar-refractivity contribution is -0.124. The Balaban J connectivity index is 1.89. The zero-order chi connectivity index (χ0) is 17.7. The zero-order valence-electron chi connectivity index (χ0n) is 13.4. The van der Waals surface area contributed by atoms with Crippen LogP contribution in [0.5, 0.6) is 5.75 Å². The number of hydrogen-bond acceptors (Lipinski definition) is 4. The van der Waals surface area contributed by atoms with Crippen molar-refractivity contribution in [2.75, 3.05) is 6.61 Å². The first-order valence-electron chi connectivity index (χ1n) is 7.38. The van der Waals surface area contributed by atoms with Gasteiger partial charge in [0.1, 0.15) is 11.3 Å². The van der Waals surface area contributed by atoms with E-state index < -0.39 is 18.5 Å². The number of benzene rings is 2. The first-order chi connectivity index (χ1) is 11.4. The van der Waals surface area contributed by atoms with Crippen LogP contribution in [0.4, 0.5) is 0 Å². The fourth-order valence-corrected chi connectivity index (χ4v) is 2.36. The van der Waals surface area contributed by atoms with E-state index in [0.29, 0.717) is 5.02 Å². The molecule has 0 spiro atoms. The predicted molar refractivity (Wildman–Crippen MR) is 91.1 cm³/mol. The second kappa shape index (κ2) is 7.84. The Labute approximate surface area is 145 Å². The fraction of sp³-hybridized carbons (Fsp3) is 0.222. The Bertz CT molecular complexity index is 760. The lowest BCUT2D eigenvalue weighted by Gasteiger charge is -2.14. The topological polar surface area (TPSA) is 75.6 Å². The maximum Gasteiger partial charge on any atom is 0.342 e. The molecule has 0 aliphatic rings. The van der Waals surface area contributed by atoms with Gasteiger partial charge in [0.25, 0.3) is 5.91 Å². The van der Waals surface area contributed by atoms with E-state index in [9.17, 15) is 14.7 Å². The molecule has 0 aromatic heterocycles. The number of carbonyl (C=O) groups is 2. The van der Waals surface area contributed by atoms with Crippen LogP contribution >= 0.6 is 11.6 Å². The number of amides is 1. The van der Waals surface area contributed by atoms with Crippen molar-refractivity contribution in [1.29, 1.82) is 0 Å². The highest BCUT2D eigenvalue weighted by atomic mass is 35.5. The summed E-state index contributed by atoms with van der Waals surface area (Å²) in [6, 6.07) is 11.4. The minimum absolute atomic E-state index is 0.0243. The van der Waals surface area contributed by atoms with Gasteiger partial charge in [-0.3, -0.25) is 4.79 Å². The maximum absolute atomic E-state index is 11.9. The first kappa shape index (κ1) is 17.8. The van der Waals surface area contributed by atoms with Gasteiger partial charge in [0.05, 0.1) is 6.04 Å². The third kappa shape index (κ3) is 4.73. The van der Waals surface area contributed by atoms with Gasteiger partial charge in [-0.15, -0.1) is 0 Å². The summed E-state index contributed by atoms with van der Waals surface area (Å²) in [6.45, 7) is 3.16. The standard InChI is InChI=1S/C18H18ClNO4/c1-11-6-7-15(16(21)8-11)18(23)24-10-17(22)20-12(2)13-4-3-5-14(19)9-13/h3-9,12,21H,10H2,1-2H3,(H,20,22)/t12-/m1/s1. The van der Waals surface area contributed by atoms with Gasteiger partial charge in [0.15, 0.2) is 6.61 Å². The van der Waals surface area contributed by atoms with E-state index in [1.165, 1.54) is 12.1 Å². The molecule has 24 heavy (non-hydrogen) atoms. The number of rotatable bonds is 5. The van der Waals surface area contributed by atoms with E-state index in [1.54, 1.807) is 38.1 Å². The second-order valence-corrected chi connectivity index (χ2v) is 5.88. The van der Waals surface area contributed by atoms with E-state index in [4.69, 9.17) is 16.3 Å². The number of ether oxygens (including phenoxy) is 1. The van der Waals surface area contributed by atoms with Gasteiger partial charge >= 0.3 is 5.97 Å².